The predicted octanol–water partition coefficient (Wildman–Crippen LogP) is 10.9. The van der Waals surface area contributed by atoms with Gasteiger partial charge < -0.3 is 10.8 Å². The van der Waals surface area contributed by atoms with Crippen LogP contribution in [0.4, 0.5) is 4.39 Å². The van der Waals surface area contributed by atoms with Crippen molar-refractivity contribution in [2.24, 2.45) is 11.7 Å². The lowest BCUT2D eigenvalue weighted by Crippen LogP contribution is -2.27. The zero-order valence-corrected chi connectivity index (χ0v) is 27.8. The van der Waals surface area contributed by atoms with Gasteiger partial charge in [-0.05, 0) is 57.4 Å². The number of phenols is 1. The summed E-state index contributed by atoms with van der Waals surface area (Å²) in [6.07, 6.45) is 18.0. The first-order valence-corrected chi connectivity index (χ1v) is 15.6. The van der Waals surface area contributed by atoms with Gasteiger partial charge in [-0.3, -0.25) is 4.90 Å². The molecular formula is C35H65FN2O. The standard InChI is InChI=1S/C21H31FN2O.C10H22.2C2H6/c1-6-8-9-10-15(3)21(24(5)12-11-16(4)23)20-18(22)13-17(7-2)14-19(20)25;1-4-6-7-8-9-10(3)5-2;2*1-2/h8-11,13-14,21,25H,6-7,12,23H2,1-5H3;10H,4-9H2,1-3H3;2*1-2H3/b9-8-,15-10+,16-11+;;;. The molecule has 4 heteroatoms. The highest BCUT2D eigenvalue weighted by molar-refractivity contribution is 5.43. The van der Waals surface area contributed by atoms with Crippen molar-refractivity contribution < 1.29 is 9.50 Å². The molecule has 39 heavy (non-hydrogen) atoms. The second kappa shape index (κ2) is 27.5. The Kier molecular flexibility index (Phi) is 29.2. The number of nitrogens with two attached hydrogens (primary N) is 1. The summed E-state index contributed by atoms with van der Waals surface area (Å²) in [7, 11) is 1.90. The number of aryl methyl sites for hydroxylation is 1. The molecule has 1 rings (SSSR count). The molecule has 0 aliphatic rings. The third kappa shape index (κ3) is 19.6. The van der Waals surface area contributed by atoms with Crippen LogP contribution in [0.3, 0.4) is 0 Å². The highest BCUT2D eigenvalue weighted by atomic mass is 19.1. The van der Waals surface area contributed by atoms with Crippen molar-refractivity contribution >= 4 is 0 Å². The quantitative estimate of drug-likeness (QED) is 0.179. The van der Waals surface area contributed by atoms with E-state index in [9.17, 15) is 9.50 Å². The first-order chi connectivity index (χ1) is 18.6. The Morgan fingerprint density at radius 3 is 2.10 bits per heavy atom. The third-order valence-electron chi connectivity index (χ3n) is 6.40. The second-order valence-corrected chi connectivity index (χ2v) is 9.76. The minimum absolute atomic E-state index is 0.00521. The fourth-order valence-corrected chi connectivity index (χ4v) is 3.89. The number of benzene rings is 1. The van der Waals surface area contributed by atoms with Crippen LogP contribution in [-0.2, 0) is 6.42 Å². The fourth-order valence-electron chi connectivity index (χ4n) is 3.89. The summed E-state index contributed by atoms with van der Waals surface area (Å²) in [6, 6.07) is 2.79. The van der Waals surface area contributed by atoms with Gasteiger partial charge in [0.2, 0.25) is 0 Å². The van der Waals surface area contributed by atoms with E-state index in [-0.39, 0.29) is 17.6 Å². The van der Waals surface area contributed by atoms with E-state index in [1.54, 1.807) is 6.07 Å². The Bertz CT molecular complexity index is 771. The van der Waals surface area contributed by atoms with Crippen molar-refractivity contribution in [1.29, 1.82) is 0 Å². The molecule has 0 bridgehead atoms. The van der Waals surface area contributed by atoms with E-state index in [4.69, 9.17) is 5.73 Å². The molecule has 0 fully saturated rings. The van der Waals surface area contributed by atoms with Crippen molar-refractivity contribution in [2.45, 2.75) is 134 Å². The minimum Gasteiger partial charge on any atom is -0.507 e. The Hall–Kier alpha value is -2.07. The van der Waals surface area contributed by atoms with Gasteiger partial charge >= 0.3 is 0 Å². The maximum absolute atomic E-state index is 14.8. The molecule has 228 valence electrons. The van der Waals surface area contributed by atoms with Gasteiger partial charge in [0.05, 0.1) is 11.6 Å². The molecule has 0 aliphatic heterocycles. The number of unbranched alkanes of at least 4 members (excludes halogenated alkanes) is 3. The topological polar surface area (TPSA) is 49.5 Å². The second-order valence-electron chi connectivity index (χ2n) is 9.76. The summed E-state index contributed by atoms with van der Waals surface area (Å²) in [4.78, 5) is 1.98. The number of allylic oxidation sites excluding steroid dienone is 4. The van der Waals surface area contributed by atoms with E-state index >= 15 is 0 Å². The molecule has 0 radical (unpaired) electrons. The molecule has 0 saturated heterocycles. The van der Waals surface area contributed by atoms with Crippen LogP contribution < -0.4 is 5.73 Å². The Labute approximate surface area is 243 Å². The van der Waals surface area contributed by atoms with E-state index in [2.05, 4.69) is 27.7 Å². The molecule has 0 heterocycles. The van der Waals surface area contributed by atoms with Crippen LogP contribution in [0.1, 0.15) is 138 Å². The number of nitrogens with zero attached hydrogens (tertiary/aromatic N) is 1. The SMILES string of the molecule is CC.CC.CC/C=C\C=C(/C)C(c1c(O)cc(CC)cc1F)N(C)C/C=C(\C)N.CCCCCCC(C)CC. The molecule has 0 aromatic heterocycles. The number of hydrogen-bond donors (Lipinski definition) is 2. The van der Waals surface area contributed by atoms with E-state index in [1.165, 1.54) is 44.6 Å². The van der Waals surface area contributed by atoms with Crippen LogP contribution >= 0.6 is 0 Å². The van der Waals surface area contributed by atoms with Crippen LogP contribution in [0.5, 0.6) is 5.75 Å². The average Bonchev–Trinajstić information content (AvgIpc) is 2.94. The molecular weight excluding hydrogens is 483 g/mol. The van der Waals surface area contributed by atoms with Gasteiger partial charge in [0, 0.05) is 12.2 Å². The predicted molar refractivity (Wildman–Crippen MR) is 175 cm³/mol. The van der Waals surface area contributed by atoms with E-state index < -0.39 is 0 Å². The zero-order chi connectivity index (χ0) is 30.8. The van der Waals surface area contributed by atoms with E-state index in [0.717, 1.165) is 23.5 Å². The maximum atomic E-state index is 14.8. The molecule has 1 aromatic rings. The minimum atomic E-state index is -0.380. The highest BCUT2D eigenvalue weighted by Gasteiger charge is 2.25. The van der Waals surface area contributed by atoms with Gasteiger partial charge in [-0.1, -0.05) is 131 Å². The fraction of sp³-hybridized carbons (Fsp3) is 0.657. The lowest BCUT2D eigenvalue weighted by molar-refractivity contribution is 0.289. The maximum Gasteiger partial charge on any atom is 0.132 e. The molecule has 2 atom stereocenters. The summed E-state index contributed by atoms with van der Waals surface area (Å²) in [5.41, 5.74) is 8.49. The van der Waals surface area contributed by atoms with Crippen LogP contribution in [-0.4, -0.2) is 23.6 Å². The van der Waals surface area contributed by atoms with Gasteiger partial charge in [0.1, 0.15) is 11.6 Å². The molecule has 0 spiro atoms. The zero-order valence-electron chi connectivity index (χ0n) is 27.8. The molecule has 0 saturated carbocycles. The van der Waals surface area contributed by atoms with E-state index in [1.807, 2.05) is 84.7 Å². The Morgan fingerprint density at radius 1 is 1.03 bits per heavy atom. The Morgan fingerprint density at radius 2 is 1.64 bits per heavy atom. The van der Waals surface area contributed by atoms with Crippen LogP contribution in [0.25, 0.3) is 0 Å². The van der Waals surface area contributed by atoms with Gasteiger partial charge in [-0.2, -0.15) is 0 Å². The normalized spacial score (nSPS) is 13.1. The largest absolute Gasteiger partial charge is 0.507 e. The molecule has 2 unspecified atom stereocenters. The average molecular weight is 549 g/mol. The van der Waals surface area contributed by atoms with Crippen molar-refractivity contribution in [3.63, 3.8) is 0 Å². The molecule has 3 N–H and O–H groups in total. The lowest BCUT2D eigenvalue weighted by atomic mass is 9.94. The van der Waals surface area contributed by atoms with Crippen LogP contribution in [0.2, 0.25) is 0 Å². The number of phenolic OH excluding ortho intramolecular Hbond substituents is 1. The van der Waals surface area contributed by atoms with Gasteiger partial charge in [-0.25, -0.2) is 4.39 Å². The number of hydrogen-bond acceptors (Lipinski definition) is 3. The van der Waals surface area contributed by atoms with Gasteiger partial charge in [-0.15, -0.1) is 0 Å². The summed E-state index contributed by atoms with van der Waals surface area (Å²) >= 11 is 0. The molecule has 0 aliphatic carbocycles. The summed E-state index contributed by atoms with van der Waals surface area (Å²) in [5.74, 6) is 0.570. The number of rotatable bonds is 14. The van der Waals surface area contributed by atoms with Gasteiger partial charge in [0.15, 0.2) is 0 Å². The lowest BCUT2D eigenvalue weighted by Gasteiger charge is -2.29. The summed E-state index contributed by atoms with van der Waals surface area (Å²) in [6.45, 7) is 23.2. The van der Waals surface area contributed by atoms with Crippen LogP contribution in [0.15, 0.2) is 47.7 Å². The van der Waals surface area contributed by atoms with Gasteiger partial charge in [0.25, 0.3) is 0 Å². The van der Waals surface area contributed by atoms with Crippen LogP contribution in [0, 0.1) is 11.7 Å². The third-order valence-corrected chi connectivity index (χ3v) is 6.40. The smallest absolute Gasteiger partial charge is 0.132 e. The Balaban J connectivity index is -0.000000774. The summed E-state index contributed by atoms with van der Waals surface area (Å²) in [5, 5.41) is 10.5. The van der Waals surface area contributed by atoms with Crippen molar-refractivity contribution in [1.82, 2.24) is 4.90 Å². The first-order valence-electron chi connectivity index (χ1n) is 15.6. The molecule has 0 amide bonds. The van der Waals surface area contributed by atoms with Crippen molar-refractivity contribution in [3.8, 4) is 5.75 Å². The first kappa shape index (κ1) is 41.4. The summed E-state index contributed by atoms with van der Waals surface area (Å²) < 4.78 is 14.8. The molecule has 3 nitrogen and oxygen atoms in total. The highest BCUT2D eigenvalue weighted by Crippen LogP contribution is 2.36. The number of aromatic hydroxyl groups is 1. The number of halogens is 1. The molecule has 1 aromatic carbocycles. The number of likely N-dealkylation sites (N-methyl/N-ethyl adjacent to an activating group) is 1. The monoisotopic (exact) mass is 549 g/mol. The van der Waals surface area contributed by atoms with Crippen molar-refractivity contribution in [3.05, 3.63) is 64.7 Å². The van der Waals surface area contributed by atoms with Crippen molar-refractivity contribution in [2.75, 3.05) is 13.6 Å². The van der Waals surface area contributed by atoms with E-state index in [0.29, 0.717) is 24.2 Å².